The first-order valence-electron chi connectivity index (χ1n) is 8.16. The highest BCUT2D eigenvalue weighted by atomic mass is 32.2. The predicted molar refractivity (Wildman–Crippen MR) is 97.7 cm³/mol. The molecule has 1 aromatic carbocycles. The van der Waals surface area contributed by atoms with Gasteiger partial charge in [-0.05, 0) is 41.6 Å². The number of hydrogen-bond donors (Lipinski definition) is 1. The highest BCUT2D eigenvalue weighted by molar-refractivity contribution is 7.89. The number of nitrogens with one attached hydrogen (secondary N) is 1. The third-order valence-corrected chi connectivity index (χ3v) is 6.66. The number of likely N-dealkylation sites (N-methyl/N-ethyl adjacent to an activating group) is 1. The van der Waals surface area contributed by atoms with Gasteiger partial charge >= 0.3 is 0 Å². The summed E-state index contributed by atoms with van der Waals surface area (Å²) in [7, 11) is -1.80. The van der Waals surface area contributed by atoms with Gasteiger partial charge in [0.25, 0.3) is 0 Å². The van der Waals surface area contributed by atoms with E-state index in [0.29, 0.717) is 0 Å². The van der Waals surface area contributed by atoms with E-state index in [-0.39, 0.29) is 17.5 Å². The molecule has 0 radical (unpaired) electrons. The van der Waals surface area contributed by atoms with E-state index in [1.54, 1.807) is 11.3 Å². The molecule has 1 fully saturated rings. The second-order valence-corrected chi connectivity index (χ2v) is 8.71. The van der Waals surface area contributed by atoms with Gasteiger partial charge in [0.1, 0.15) is 10.7 Å². The molecule has 0 aliphatic carbocycles. The standard InChI is InChI=1S/C17H22FN3O2S2/c1-20-7-9-21(10-8-20)16(14-6-11-24-13-14)12-19-25(22,23)17-5-3-2-4-15(17)18/h2-6,11,13,16,19H,7-10,12H2,1H3/t16-/m1/s1. The van der Waals surface area contributed by atoms with E-state index in [0.717, 1.165) is 37.8 Å². The molecule has 0 saturated carbocycles. The van der Waals surface area contributed by atoms with Crippen molar-refractivity contribution in [1.82, 2.24) is 14.5 Å². The van der Waals surface area contributed by atoms with Crippen LogP contribution in [0.2, 0.25) is 0 Å². The molecule has 136 valence electrons. The van der Waals surface area contributed by atoms with Crippen LogP contribution in [0.25, 0.3) is 0 Å². The van der Waals surface area contributed by atoms with Gasteiger partial charge in [-0.15, -0.1) is 0 Å². The van der Waals surface area contributed by atoms with Gasteiger partial charge < -0.3 is 4.90 Å². The molecular formula is C17H22FN3O2S2. The van der Waals surface area contributed by atoms with Gasteiger partial charge in [0.2, 0.25) is 10.0 Å². The minimum absolute atomic E-state index is 0.0542. The van der Waals surface area contributed by atoms with Crippen molar-refractivity contribution in [2.45, 2.75) is 10.9 Å². The van der Waals surface area contributed by atoms with Crippen LogP contribution in [0.4, 0.5) is 4.39 Å². The van der Waals surface area contributed by atoms with Crippen molar-refractivity contribution in [3.05, 3.63) is 52.5 Å². The van der Waals surface area contributed by atoms with Gasteiger partial charge in [0.15, 0.2) is 0 Å². The summed E-state index contributed by atoms with van der Waals surface area (Å²) in [6.07, 6.45) is 0. The summed E-state index contributed by atoms with van der Waals surface area (Å²) in [5.41, 5.74) is 1.09. The van der Waals surface area contributed by atoms with Crippen molar-refractivity contribution >= 4 is 21.4 Å². The first-order valence-corrected chi connectivity index (χ1v) is 10.6. The van der Waals surface area contributed by atoms with Gasteiger partial charge in [0.05, 0.1) is 0 Å². The molecule has 1 aliphatic rings. The number of thiophene rings is 1. The zero-order valence-corrected chi connectivity index (χ0v) is 15.7. The molecule has 0 amide bonds. The number of rotatable bonds is 6. The van der Waals surface area contributed by atoms with Crippen LogP contribution in [-0.4, -0.2) is 58.0 Å². The average Bonchev–Trinajstić information content (AvgIpc) is 3.11. The largest absolute Gasteiger partial charge is 0.304 e. The molecule has 0 unspecified atom stereocenters. The van der Waals surface area contributed by atoms with E-state index in [4.69, 9.17) is 0 Å². The SMILES string of the molecule is CN1CCN([C@H](CNS(=O)(=O)c2ccccc2F)c2ccsc2)CC1. The lowest BCUT2D eigenvalue weighted by Crippen LogP contribution is -2.48. The van der Waals surface area contributed by atoms with Crippen LogP contribution in [0.5, 0.6) is 0 Å². The number of sulfonamides is 1. The Morgan fingerprint density at radius 3 is 2.56 bits per heavy atom. The fourth-order valence-corrected chi connectivity index (χ4v) is 4.81. The number of hydrogen-bond acceptors (Lipinski definition) is 5. The number of nitrogens with zero attached hydrogens (tertiary/aromatic N) is 2. The van der Waals surface area contributed by atoms with E-state index in [1.165, 1.54) is 18.2 Å². The highest BCUT2D eigenvalue weighted by Crippen LogP contribution is 2.24. The maximum atomic E-state index is 13.8. The maximum absolute atomic E-state index is 13.8. The van der Waals surface area contributed by atoms with E-state index < -0.39 is 15.8 Å². The van der Waals surface area contributed by atoms with Crippen molar-refractivity contribution in [3.8, 4) is 0 Å². The minimum Gasteiger partial charge on any atom is -0.304 e. The summed E-state index contributed by atoms with van der Waals surface area (Å²) in [5, 5.41) is 4.03. The van der Waals surface area contributed by atoms with Crippen LogP contribution >= 0.6 is 11.3 Å². The highest BCUT2D eigenvalue weighted by Gasteiger charge is 2.27. The van der Waals surface area contributed by atoms with Crippen molar-refractivity contribution in [2.75, 3.05) is 39.8 Å². The summed E-state index contributed by atoms with van der Waals surface area (Å²) < 4.78 is 41.4. The molecule has 1 N–H and O–H groups in total. The molecule has 1 aromatic heterocycles. The van der Waals surface area contributed by atoms with Gasteiger partial charge in [-0.25, -0.2) is 17.5 Å². The summed E-state index contributed by atoms with van der Waals surface area (Å²) in [5.74, 6) is -0.735. The summed E-state index contributed by atoms with van der Waals surface area (Å²) >= 11 is 1.59. The Bertz CT molecular complexity index is 788. The summed E-state index contributed by atoms with van der Waals surface area (Å²) in [4.78, 5) is 4.23. The van der Waals surface area contributed by atoms with Crippen molar-refractivity contribution < 1.29 is 12.8 Å². The Kier molecular flexibility index (Phi) is 5.85. The monoisotopic (exact) mass is 383 g/mol. The first-order chi connectivity index (χ1) is 12.0. The molecule has 5 nitrogen and oxygen atoms in total. The Labute approximate surface area is 152 Å². The van der Waals surface area contributed by atoms with Crippen molar-refractivity contribution in [1.29, 1.82) is 0 Å². The van der Waals surface area contributed by atoms with Gasteiger partial charge in [0, 0.05) is 38.8 Å². The smallest absolute Gasteiger partial charge is 0.243 e. The van der Waals surface area contributed by atoms with Gasteiger partial charge in [-0.2, -0.15) is 11.3 Å². The third-order valence-electron chi connectivity index (χ3n) is 4.50. The van der Waals surface area contributed by atoms with E-state index in [1.807, 2.05) is 16.8 Å². The zero-order valence-electron chi connectivity index (χ0n) is 14.1. The normalized spacial score (nSPS) is 18.3. The van der Waals surface area contributed by atoms with Gasteiger partial charge in [-0.3, -0.25) is 4.90 Å². The topological polar surface area (TPSA) is 52.6 Å². The second kappa shape index (κ2) is 7.92. The Morgan fingerprint density at radius 1 is 1.20 bits per heavy atom. The van der Waals surface area contributed by atoms with E-state index >= 15 is 0 Å². The molecule has 1 aliphatic heterocycles. The molecule has 0 bridgehead atoms. The molecule has 1 saturated heterocycles. The van der Waals surface area contributed by atoms with Crippen LogP contribution in [0, 0.1) is 5.82 Å². The van der Waals surface area contributed by atoms with Crippen LogP contribution in [0.15, 0.2) is 46.0 Å². The van der Waals surface area contributed by atoms with Crippen molar-refractivity contribution in [3.63, 3.8) is 0 Å². The summed E-state index contributed by atoms with van der Waals surface area (Å²) in [6, 6.07) is 7.41. The molecule has 1 atom stereocenters. The quantitative estimate of drug-likeness (QED) is 0.831. The molecule has 8 heteroatoms. The Hall–Kier alpha value is -1.32. The van der Waals surface area contributed by atoms with Crippen molar-refractivity contribution in [2.24, 2.45) is 0 Å². The number of halogens is 1. The lowest BCUT2D eigenvalue weighted by atomic mass is 10.1. The predicted octanol–water partition coefficient (Wildman–Crippen LogP) is 2.15. The second-order valence-electron chi connectivity index (χ2n) is 6.19. The first kappa shape index (κ1) is 18.5. The molecule has 2 aromatic rings. The van der Waals surface area contributed by atoms with Crippen LogP contribution in [0.1, 0.15) is 11.6 Å². The molecule has 2 heterocycles. The molecular weight excluding hydrogens is 361 g/mol. The molecule has 25 heavy (non-hydrogen) atoms. The summed E-state index contributed by atoms with van der Waals surface area (Å²) in [6.45, 7) is 3.86. The Balaban J connectivity index is 1.76. The van der Waals surface area contributed by atoms with Gasteiger partial charge in [-0.1, -0.05) is 12.1 Å². The zero-order chi connectivity index (χ0) is 17.9. The fourth-order valence-electron chi connectivity index (χ4n) is 2.99. The lowest BCUT2D eigenvalue weighted by molar-refractivity contribution is 0.113. The van der Waals surface area contributed by atoms with Crippen LogP contribution in [-0.2, 0) is 10.0 Å². The van der Waals surface area contributed by atoms with E-state index in [2.05, 4.69) is 21.6 Å². The molecule has 0 spiro atoms. The molecule has 3 rings (SSSR count). The fraction of sp³-hybridized carbons (Fsp3) is 0.412. The number of piperazine rings is 1. The van der Waals surface area contributed by atoms with Crippen LogP contribution < -0.4 is 4.72 Å². The maximum Gasteiger partial charge on any atom is 0.243 e. The Morgan fingerprint density at radius 2 is 1.92 bits per heavy atom. The minimum atomic E-state index is -3.89. The van der Waals surface area contributed by atoms with E-state index in [9.17, 15) is 12.8 Å². The number of benzene rings is 1. The average molecular weight is 384 g/mol. The lowest BCUT2D eigenvalue weighted by Gasteiger charge is -2.37. The third kappa shape index (κ3) is 4.45. The van der Waals surface area contributed by atoms with Crippen LogP contribution in [0.3, 0.4) is 0 Å².